The van der Waals surface area contributed by atoms with Crippen LogP contribution >= 0.6 is 0 Å². The molecule has 0 fully saturated rings. The molecule has 0 N–H and O–H groups in total. The van der Waals surface area contributed by atoms with Crippen molar-refractivity contribution in [1.82, 2.24) is 0 Å². The maximum atomic E-state index is 10.9. The molecule has 0 radical (unpaired) electrons. The number of carbonyl (C=O) groups excluding carboxylic acids is 1. The van der Waals surface area contributed by atoms with Gasteiger partial charge in [0.25, 0.3) is 0 Å². The summed E-state index contributed by atoms with van der Waals surface area (Å²) in [5, 5.41) is 0. The van der Waals surface area contributed by atoms with Crippen molar-refractivity contribution in [3.63, 3.8) is 0 Å². The maximum absolute atomic E-state index is 10.9. The Morgan fingerprint density at radius 2 is 2.40 bits per heavy atom. The Morgan fingerprint density at radius 1 is 1.80 bits per heavy atom. The molecule has 0 saturated heterocycles. The molecule has 1 unspecified atom stereocenters. The molecule has 0 aliphatic heterocycles. The second-order valence-electron chi connectivity index (χ2n) is 1.86. The summed E-state index contributed by atoms with van der Waals surface area (Å²) in [6.07, 6.45) is -1.34. The summed E-state index contributed by atoms with van der Waals surface area (Å²) in [4.78, 5) is 10.9. The lowest BCUT2D eigenvalue weighted by Crippen LogP contribution is -2.14. The number of methoxy groups -OCH3 is 1. The summed E-state index contributed by atoms with van der Waals surface area (Å²) >= 11 is 0. The summed E-state index contributed by atoms with van der Waals surface area (Å²) in [5.41, 5.74) is 0. The van der Waals surface area contributed by atoms with E-state index in [4.69, 9.17) is 6.11 Å². The second-order valence-corrected chi connectivity index (χ2v) is 1.86. The zero-order chi connectivity index (χ0) is 8.85. The average molecular weight is 147 g/mol. The molecular weight excluding hydrogens is 132 g/mol. The lowest BCUT2D eigenvalue weighted by Gasteiger charge is -2.07. The van der Waals surface area contributed by atoms with Gasteiger partial charge in [-0.2, -0.15) is 0 Å². The van der Waals surface area contributed by atoms with E-state index in [1.165, 1.54) is 7.11 Å². The Hall–Kier alpha value is -0.570. The van der Waals surface area contributed by atoms with E-state index in [1.54, 1.807) is 13.8 Å². The normalized spacial score (nSPS) is 17.3. The lowest BCUT2D eigenvalue weighted by molar-refractivity contribution is -0.145. The van der Waals surface area contributed by atoms with E-state index in [0.717, 1.165) is 0 Å². The van der Waals surface area contributed by atoms with E-state index in [-0.39, 0.29) is 0 Å². The Bertz CT molecular complexity index is 127. The van der Waals surface area contributed by atoms with Crippen molar-refractivity contribution in [2.75, 3.05) is 13.7 Å². The van der Waals surface area contributed by atoms with Crippen LogP contribution in [0.3, 0.4) is 0 Å². The number of hydrogen-bond acceptors (Lipinski definition) is 3. The Balaban J connectivity index is 3.80. The van der Waals surface area contributed by atoms with Gasteiger partial charge in [0.15, 0.2) is 0 Å². The molecule has 0 aromatic heterocycles. The number of rotatable bonds is 4. The van der Waals surface area contributed by atoms with Gasteiger partial charge >= 0.3 is 5.97 Å². The molecule has 0 aromatic carbocycles. The third kappa shape index (κ3) is 4.32. The van der Waals surface area contributed by atoms with E-state index in [2.05, 4.69) is 4.74 Å². The molecule has 60 valence electrons. The van der Waals surface area contributed by atoms with Gasteiger partial charge in [-0.3, -0.25) is 4.79 Å². The predicted octanol–water partition coefficient (Wildman–Crippen LogP) is 0.975. The number of ether oxygens (including phenoxy) is 2. The van der Waals surface area contributed by atoms with E-state index in [9.17, 15) is 4.79 Å². The Labute approximate surface area is 62.7 Å². The SMILES string of the molecule is [2H]C(C(=O)OCC)[C@H](C)OC. The fourth-order valence-electron chi connectivity index (χ4n) is 0.450. The zero-order valence-corrected chi connectivity index (χ0v) is 6.59. The zero-order valence-electron chi connectivity index (χ0n) is 7.59. The third-order valence-corrected chi connectivity index (χ3v) is 1.03. The minimum absolute atomic E-state index is 0.310. The van der Waals surface area contributed by atoms with Crippen molar-refractivity contribution in [3.05, 3.63) is 0 Å². The highest BCUT2D eigenvalue weighted by molar-refractivity contribution is 5.69. The third-order valence-electron chi connectivity index (χ3n) is 1.03. The summed E-state index contributed by atoms with van der Waals surface area (Å²) in [6.45, 7) is 3.68. The molecule has 2 atom stereocenters. The summed E-state index contributed by atoms with van der Waals surface area (Å²) in [7, 11) is 1.46. The van der Waals surface area contributed by atoms with Crippen LogP contribution in [0.5, 0.6) is 0 Å². The Morgan fingerprint density at radius 3 is 2.80 bits per heavy atom. The van der Waals surface area contributed by atoms with Gasteiger partial charge in [0.05, 0.1) is 19.1 Å². The Kier molecular flexibility index (Phi) is 3.94. The van der Waals surface area contributed by atoms with Gasteiger partial charge in [-0.15, -0.1) is 0 Å². The van der Waals surface area contributed by atoms with E-state index in [0.29, 0.717) is 6.61 Å². The number of hydrogen-bond donors (Lipinski definition) is 0. The number of carbonyl (C=O) groups is 1. The lowest BCUT2D eigenvalue weighted by atomic mass is 10.3. The standard InChI is InChI=1S/C7H14O3/c1-4-10-7(8)5-6(2)9-3/h6H,4-5H2,1-3H3/t6-/m0/s1/i5D/t5?,6-. The first-order valence-electron chi connectivity index (χ1n) is 3.82. The van der Waals surface area contributed by atoms with Crippen molar-refractivity contribution in [2.45, 2.75) is 26.3 Å². The van der Waals surface area contributed by atoms with Crippen LogP contribution in [0, 0.1) is 0 Å². The predicted molar refractivity (Wildman–Crippen MR) is 37.7 cm³/mol. The first-order chi connectivity index (χ1) is 5.13. The highest BCUT2D eigenvalue weighted by atomic mass is 16.5. The molecule has 10 heavy (non-hydrogen) atoms. The van der Waals surface area contributed by atoms with E-state index in [1.807, 2.05) is 0 Å². The molecule has 0 spiro atoms. The molecule has 0 aromatic rings. The molecular formula is C7H14O3. The van der Waals surface area contributed by atoms with Crippen LogP contribution in [-0.4, -0.2) is 25.8 Å². The van der Waals surface area contributed by atoms with Crippen molar-refractivity contribution in [1.29, 1.82) is 0 Å². The fourth-order valence-corrected chi connectivity index (χ4v) is 0.450. The van der Waals surface area contributed by atoms with Crippen molar-refractivity contribution >= 4 is 5.97 Å². The quantitative estimate of drug-likeness (QED) is 0.556. The summed E-state index contributed by atoms with van der Waals surface area (Å²) in [5.74, 6) is -0.526. The second kappa shape index (κ2) is 5.23. The molecule has 0 heterocycles. The van der Waals surface area contributed by atoms with Gasteiger partial charge in [0.2, 0.25) is 0 Å². The molecule has 0 saturated carbocycles. The molecule has 0 aliphatic rings. The maximum Gasteiger partial charge on any atom is 0.308 e. The number of esters is 1. The van der Waals surface area contributed by atoms with Gasteiger partial charge < -0.3 is 9.47 Å². The van der Waals surface area contributed by atoms with Gasteiger partial charge in [-0.25, -0.2) is 0 Å². The highest BCUT2D eigenvalue weighted by Gasteiger charge is 2.07. The largest absolute Gasteiger partial charge is 0.466 e. The minimum Gasteiger partial charge on any atom is -0.466 e. The van der Waals surface area contributed by atoms with Crippen molar-refractivity contribution in [2.24, 2.45) is 0 Å². The minimum atomic E-state index is -0.931. The van der Waals surface area contributed by atoms with Crippen LogP contribution in [0.25, 0.3) is 0 Å². The fraction of sp³-hybridized carbons (Fsp3) is 0.857. The van der Waals surface area contributed by atoms with Crippen molar-refractivity contribution < 1.29 is 15.6 Å². The van der Waals surface area contributed by atoms with Gasteiger partial charge in [-0.05, 0) is 13.8 Å². The van der Waals surface area contributed by atoms with Crippen LogP contribution in [0.2, 0.25) is 0 Å². The molecule has 0 amide bonds. The topological polar surface area (TPSA) is 35.5 Å². The van der Waals surface area contributed by atoms with Gasteiger partial charge in [0, 0.05) is 8.48 Å². The molecule has 0 aliphatic carbocycles. The molecule has 0 rings (SSSR count). The highest BCUT2D eigenvalue weighted by Crippen LogP contribution is 1.96. The van der Waals surface area contributed by atoms with Crippen LogP contribution in [-0.2, 0) is 14.3 Å². The smallest absolute Gasteiger partial charge is 0.308 e. The van der Waals surface area contributed by atoms with E-state index >= 15 is 0 Å². The van der Waals surface area contributed by atoms with Gasteiger partial charge in [-0.1, -0.05) is 0 Å². The van der Waals surface area contributed by atoms with Crippen molar-refractivity contribution in [3.8, 4) is 0 Å². The summed E-state index contributed by atoms with van der Waals surface area (Å²) in [6, 6.07) is 0. The first kappa shape index (κ1) is 7.54. The van der Waals surface area contributed by atoms with Crippen LogP contribution < -0.4 is 0 Å². The van der Waals surface area contributed by atoms with Gasteiger partial charge in [0.1, 0.15) is 0 Å². The first-order valence-corrected chi connectivity index (χ1v) is 3.25. The van der Waals surface area contributed by atoms with Crippen LogP contribution in [0.4, 0.5) is 0 Å². The summed E-state index contributed by atoms with van der Waals surface area (Å²) < 4.78 is 16.7. The monoisotopic (exact) mass is 147 g/mol. The van der Waals surface area contributed by atoms with Crippen LogP contribution in [0.1, 0.15) is 21.6 Å². The molecule has 3 heteroatoms. The van der Waals surface area contributed by atoms with E-state index < -0.39 is 18.5 Å². The average Bonchev–Trinajstić information content (AvgIpc) is 2.02. The molecule has 0 bridgehead atoms. The van der Waals surface area contributed by atoms with Crippen LogP contribution in [0.15, 0.2) is 0 Å². The molecule has 3 nitrogen and oxygen atoms in total.